The summed E-state index contributed by atoms with van der Waals surface area (Å²) in [6.45, 7) is 3.30. The lowest BCUT2D eigenvalue weighted by Gasteiger charge is -2.30. The van der Waals surface area contributed by atoms with Crippen LogP contribution < -0.4 is 0 Å². The van der Waals surface area contributed by atoms with Gasteiger partial charge >= 0.3 is 5.97 Å². The van der Waals surface area contributed by atoms with Crippen molar-refractivity contribution in [3.63, 3.8) is 0 Å². The molecule has 15 heavy (non-hydrogen) atoms. The number of likely N-dealkylation sites (tertiary alicyclic amines) is 1. The molecule has 1 aromatic carbocycles. The molecule has 0 aliphatic carbocycles. The van der Waals surface area contributed by atoms with Crippen molar-refractivity contribution in [2.45, 2.75) is 12.8 Å². The van der Waals surface area contributed by atoms with Gasteiger partial charge < -0.3 is 10.0 Å². The maximum absolute atomic E-state index is 10.9. The summed E-state index contributed by atoms with van der Waals surface area (Å²) in [5.74, 6) is -0.825. The standard InChI is InChI=1S/C12H15NO2/c14-12(15)11-5-2-1-4-10(11)6-9-13-7-3-8-13/h1-2,4-5H,3,6-9H2,(H,14,15). The zero-order valence-corrected chi connectivity index (χ0v) is 8.65. The van der Waals surface area contributed by atoms with Gasteiger partial charge in [-0.2, -0.15) is 0 Å². The van der Waals surface area contributed by atoms with Crippen LogP contribution >= 0.6 is 0 Å². The molecule has 0 aromatic heterocycles. The van der Waals surface area contributed by atoms with Gasteiger partial charge in [0.05, 0.1) is 5.56 Å². The van der Waals surface area contributed by atoms with Gasteiger partial charge in [0.25, 0.3) is 0 Å². The largest absolute Gasteiger partial charge is 0.478 e. The highest BCUT2D eigenvalue weighted by Gasteiger charge is 2.15. The van der Waals surface area contributed by atoms with Gasteiger partial charge in [-0.3, -0.25) is 0 Å². The Bertz CT molecular complexity index is 358. The topological polar surface area (TPSA) is 40.5 Å². The molecule has 0 radical (unpaired) electrons. The van der Waals surface area contributed by atoms with Gasteiger partial charge in [0, 0.05) is 6.54 Å². The molecule has 1 aliphatic rings. The van der Waals surface area contributed by atoms with E-state index in [-0.39, 0.29) is 0 Å². The van der Waals surface area contributed by atoms with E-state index in [1.807, 2.05) is 12.1 Å². The van der Waals surface area contributed by atoms with Crippen molar-refractivity contribution in [3.05, 3.63) is 35.4 Å². The number of rotatable bonds is 4. The van der Waals surface area contributed by atoms with Crippen molar-refractivity contribution in [3.8, 4) is 0 Å². The molecule has 1 saturated heterocycles. The average Bonchev–Trinajstić information content (AvgIpc) is 2.16. The van der Waals surface area contributed by atoms with E-state index in [2.05, 4.69) is 4.90 Å². The molecule has 1 aliphatic heterocycles. The van der Waals surface area contributed by atoms with Crippen molar-refractivity contribution < 1.29 is 9.90 Å². The van der Waals surface area contributed by atoms with Gasteiger partial charge in [0.15, 0.2) is 0 Å². The first-order valence-corrected chi connectivity index (χ1v) is 5.31. The second-order valence-electron chi connectivity index (χ2n) is 3.91. The van der Waals surface area contributed by atoms with Crippen LogP contribution in [0.2, 0.25) is 0 Å². The molecule has 0 unspecified atom stereocenters. The lowest BCUT2D eigenvalue weighted by Crippen LogP contribution is -2.38. The van der Waals surface area contributed by atoms with E-state index in [4.69, 9.17) is 5.11 Å². The minimum absolute atomic E-state index is 0.443. The Labute approximate surface area is 89.3 Å². The molecule has 1 aromatic rings. The zero-order valence-electron chi connectivity index (χ0n) is 8.65. The fourth-order valence-electron chi connectivity index (χ4n) is 1.83. The van der Waals surface area contributed by atoms with E-state index in [1.54, 1.807) is 12.1 Å². The summed E-state index contributed by atoms with van der Waals surface area (Å²) in [6.07, 6.45) is 2.11. The van der Waals surface area contributed by atoms with E-state index < -0.39 is 5.97 Å². The van der Waals surface area contributed by atoms with Crippen molar-refractivity contribution >= 4 is 5.97 Å². The fraction of sp³-hybridized carbons (Fsp3) is 0.417. The van der Waals surface area contributed by atoms with Gasteiger partial charge in [-0.05, 0) is 37.6 Å². The smallest absolute Gasteiger partial charge is 0.335 e. The molecule has 0 bridgehead atoms. The number of aromatic carboxylic acids is 1. The monoisotopic (exact) mass is 205 g/mol. The third-order valence-corrected chi connectivity index (χ3v) is 2.89. The summed E-state index contributed by atoms with van der Waals surface area (Å²) in [5.41, 5.74) is 1.38. The predicted octanol–water partition coefficient (Wildman–Crippen LogP) is 1.63. The van der Waals surface area contributed by atoms with Gasteiger partial charge in [0.2, 0.25) is 0 Å². The van der Waals surface area contributed by atoms with Crippen molar-refractivity contribution in [1.82, 2.24) is 4.90 Å². The number of carboxylic acid groups (broad SMARTS) is 1. The first-order chi connectivity index (χ1) is 7.27. The molecule has 80 valence electrons. The third kappa shape index (κ3) is 2.36. The first-order valence-electron chi connectivity index (χ1n) is 5.31. The number of carboxylic acids is 1. The summed E-state index contributed by atoms with van der Waals surface area (Å²) < 4.78 is 0. The van der Waals surface area contributed by atoms with E-state index in [0.717, 1.165) is 31.6 Å². The summed E-state index contributed by atoms with van der Waals surface area (Å²) in [6, 6.07) is 7.26. The molecule has 0 atom stereocenters. The molecule has 1 fully saturated rings. The van der Waals surface area contributed by atoms with Crippen LogP contribution in [0.4, 0.5) is 0 Å². The van der Waals surface area contributed by atoms with Crippen LogP contribution in [0.5, 0.6) is 0 Å². The molecular weight excluding hydrogens is 190 g/mol. The van der Waals surface area contributed by atoms with Crippen LogP contribution in [0.3, 0.4) is 0 Å². The first kappa shape index (κ1) is 10.2. The number of hydrogen-bond donors (Lipinski definition) is 1. The van der Waals surface area contributed by atoms with Crippen molar-refractivity contribution in [2.75, 3.05) is 19.6 Å². The maximum atomic E-state index is 10.9. The molecule has 1 N–H and O–H groups in total. The number of benzene rings is 1. The summed E-state index contributed by atoms with van der Waals surface area (Å²) in [5, 5.41) is 8.99. The maximum Gasteiger partial charge on any atom is 0.335 e. The molecule has 2 rings (SSSR count). The van der Waals surface area contributed by atoms with Gasteiger partial charge in [-0.1, -0.05) is 18.2 Å². The molecule has 0 spiro atoms. The second-order valence-corrected chi connectivity index (χ2v) is 3.91. The van der Waals surface area contributed by atoms with Crippen LogP contribution in [-0.2, 0) is 6.42 Å². The predicted molar refractivity (Wildman–Crippen MR) is 58.2 cm³/mol. The van der Waals surface area contributed by atoms with E-state index in [0.29, 0.717) is 5.56 Å². The van der Waals surface area contributed by atoms with E-state index >= 15 is 0 Å². The summed E-state index contributed by atoms with van der Waals surface area (Å²) >= 11 is 0. The second kappa shape index (κ2) is 4.45. The van der Waals surface area contributed by atoms with Crippen LogP contribution in [0, 0.1) is 0 Å². The zero-order chi connectivity index (χ0) is 10.7. The lowest BCUT2D eigenvalue weighted by molar-refractivity contribution is 0.0695. The molecule has 1 heterocycles. The Hall–Kier alpha value is -1.35. The Kier molecular flexibility index (Phi) is 3.02. The van der Waals surface area contributed by atoms with Crippen molar-refractivity contribution in [1.29, 1.82) is 0 Å². The Morgan fingerprint density at radius 3 is 2.67 bits per heavy atom. The number of nitrogens with zero attached hydrogens (tertiary/aromatic N) is 1. The van der Waals surface area contributed by atoms with E-state index in [1.165, 1.54) is 6.42 Å². The third-order valence-electron chi connectivity index (χ3n) is 2.89. The number of carbonyl (C=O) groups is 1. The highest BCUT2D eigenvalue weighted by Crippen LogP contribution is 2.12. The normalized spacial score (nSPS) is 16.0. The fourth-order valence-corrected chi connectivity index (χ4v) is 1.83. The Morgan fingerprint density at radius 1 is 1.33 bits per heavy atom. The highest BCUT2D eigenvalue weighted by molar-refractivity contribution is 5.89. The van der Waals surface area contributed by atoms with Crippen LogP contribution in [0.25, 0.3) is 0 Å². The molecule has 3 heteroatoms. The van der Waals surface area contributed by atoms with E-state index in [9.17, 15) is 4.79 Å². The average molecular weight is 205 g/mol. The van der Waals surface area contributed by atoms with Gasteiger partial charge in [-0.15, -0.1) is 0 Å². The van der Waals surface area contributed by atoms with Crippen LogP contribution in [-0.4, -0.2) is 35.6 Å². The van der Waals surface area contributed by atoms with Gasteiger partial charge in [-0.25, -0.2) is 4.79 Å². The van der Waals surface area contributed by atoms with Crippen molar-refractivity contribution in [2.24, 2.45) is 0 Å². The summed E-state index contributed by atoms with van der Waals surface area (Å²) in [4.78, 5) is 13.3. The quantitative estimate of drug-likeness (QED) is 0.812. The van der Waals surface area contributed by atoms with Crippen LogP contribution in [0.1, 0.15) is 22.3 Å². The summed E-state index contributed by atoms with van der Waals surface area (Å²) in [7, 11) is 0. The van der Waals surface area contributed by atoms with Crippen LogP contribution in [0.15, 0.2) is 24.3 Å². The minimum atomic E-state index is -0.825. The SMILES string of the molecule is O=C(O)c1ccccc1CCN1CCC1. The molecule has 0 saturated carbocycles. The Balaban J connectivity index is 2.02. The van der Waals surface area contributed by atoms with Gasteiger partial charge in [0.1, 0.15) is 0 Å². The Morgan fingerprint density at radius 2 is 2.07 bits per heavy atom. The highest BCUT2D eigenvalue weighted by atomic mass is 16.4. The molecular formula is C12H15NO2. The minimum Gasteiger partial charge on any atom is -0.478 e. The number of hydrogen-bond acceptors (Lipinski definition) is 2. The molecule has 0 amide bonds. The lowest BCUT2D eigenvalue weighted by atomic mass is 10.0. The molecule has 3 nitrogen and oxygen atoms in total.